The van der Waals surface area contributed by atoms with Crippen LogP contribution in [0.4, 0.5) is 13.2 Å². The second-order valence-electron chi connectivity index (χ2n) is 9.15. The molecule has 3 aromatic rings. The van der Waals surface area contributed by atoms with Crippen molar-refractivity contribution in [3.63, 3.8) is 0 Å². The molecule has 2 aromatic carbocycles. The third-order valence-electron chi connectivity index (χ3n) is 5.54. The summed E-state index contributed by atoms with van der Waals surface area (Å²) in [5.74, 6) is -1.32. The molecule has 0 radical (unpaired) electrons. The van der Waals surface area contributed by atoms with E-state index < -0.39 is 23.3 Å². The number of aryl methyl sites for hydroxylation is 1. The summed E-state index contributed by atoms with van der Waals surface area (Å²) in [5, 5.41) is 9.93. The number of rotatable bonds is 9. The van der Waals surface area contributed by atoms with Crippen molar-refractivity contribution in [3.8, 4) is 16.3 Å². The van der Waals surface area contributed by atoms with Gasteiger partial charge in [0.25, 0.3) is 0 Å². The molecule has 0 saturated heterocycles. The number of carbonyl (C=O) groups is 2. The van der Waals surface area contributed by atoms with Crippen LogP contribution in [0.5, 0.6) is 5.75 Å². The van der Waals surface area contributed by atoms with Crippen LogP contribution in [0, 0.1) is 0 Å². The first-order chi connectivity index (χ1) is 17.1. The van der Waals surface area contributed by atoms with E-state index in [1.807, 2.05) is 13.8 Å². The van der Waals surface area contributed by atoms with Gasteiger partial charge in [0, 0.05) is 12.0 Å². The molecule has 0 atom stereocenters. The van der Waals surface area contributed by atoms with Gasteiger partial charge in [-0.2, -0.15) is 13.2 Å². The maximum absolute atomic E-state index is 13.2. The predicted molar refractivity (Wildman–Crippen MR) is 138 cm³/mol. The summed E-state index contributed by atoms with van der Waals surface area (Å²) in [6, 6.07) is 7.80. The number of hydrogen-bond donors (Lipinski definition) is 1. The van der Waals surface area contributed by atoms with Gasteiger partial charge in [-0.05, 0) is 49.9 Å². The normalized spacial score (nSPS) is 12.2. The van der Waals surface area contributed by atoms with Crippen molar-refractivity contribution in [1.29, 1.82) is 0 Å². The van der Waals surface area contributed by atoms with E-state index in [1.54, 1.807) is 6.07 Å². The van der Waals surface area contributed by atoms with Crippen LogP contribution in [0.1, 0.15) is 66.5 Å². The average molecular weight is 574 g/mol. The van der Waals surface area contributed by atoms with Crippen molar-refractivity contribution in [2.75, 3.05) is 0 Å². The third-order valence-corrected chi connectivity index (χ3v) is 7.61. The zero-order valence-electron chi connectivity index (χ0n) is 20.4. The van der Waals surface area contributed by atoms with Crippen LogP contribution < -0.4 is 4.74 Å². The molecule has 37 heavy (non-hydrogen) atoms. The molecular weight excluding hydrogens is 550 g/mol. The molecule has 0 saturated carbocycles. The van der Waals surface area contributed by atoms with Crippen LogP contribution in [-0.4, -0.2) is 27.4 Å². The minimum Gasteiger partial charge on any atom is -0.478 e. The van der Waals surface area contributed by atoms with Gasteiger partial charge in [-0.15, -0.1) is 11.3 Å². The molecule has 3 rings (SSSR count). The molecule has 0 spiro atoms. The van der Waals surface area contributed by atoms with E-state index in [9.17, 15) is 27.9 Å². The molecular formula is C26H24Cl2F3NO4S. The Morgan fingerprint density at radius 3 is 2.22 bits per heavy atom. The van der Waals surface area contributed by atoms with Gasteiger partial charge in [0.05, 0.1) is 21.2 Å². The number of nitrogens with zero attached hydrogens (tertiary/aromatic N) is 1. The summed E-state index contributed by atoms with van der Waals surface area (Å²) in [4.78, 5) is 29.5. The number of benzene rings is 2. The van der Waals surface area contributed by atoms with E-state index in [2.05, 4.69) is 4.98 Å². The molecule has 0 amide bonds. The minimum atomic E-state index is -4.44. The SMILES string of the molecule is CC(C)c1nc(-c2ccc(C(F)(F)F)cc2)sc1C(=O)CCc1ccc(OC(C)(C)C(=O)O)c(Cl)c1Cl. The van der Waals surface area contributed by atoms with E-state index in [4.69, 9.17) is 27.9 Å². The van der Waals surface area contributed by atoms with Crippen molar-refractivity contribution < 1.29 is 32.6 Å². The number of ether oxygens (including phenoxy) is 1. The second-order valence-corrected chi connectivity index (χ2v) is 10.9. The van der Waals surface area contributed by atoms with Crippen molar-refractivity contribution in [3.05, 3.63) is 68.1 Å². The number of thiazole rings is 1. The van der Waals surface area contributed by atoms with Gasteiger partial charge in [0.1, 0.15) is 15.8 Å². The lowest BCUT2D eigenvalue weighted by atomic mass is 10.0. The summed E-state index contributed by atoms with van der Waals surface area (Å²) >= 11 is 13.8. The molecule has 11 heteroatoms. The fraction of sp³-hybridized carbons (Fsp3) is 0.346. The lowest BCUT2D eigenvalue weighted by Crippen LogP contribution is -2.38. The number of carboxylic acids is 1. The molecule has 198 valence electrons. The summed E-state index contributed by atoms with van der Waals surface area (Å²) in [6.45, 7) is 6.53. The Morgan fingerprint density at radius 1 is 1.05 bits per heavy atom. The number of hydrogen-bond acceptors (Lipinski definition) is 5. The van der Waals surface area contributed by atoms with Gasteiger partial charge in [0.2, 0.25) is 0 Å². The van der Waals surface area contributed by atoms with Gasteiger partial charge in [-0.3, -0.25) is 4.79 Å². The van der Waals surface area contributed by atoms with Gasteiger partial charge in [0.15, 0.2) is 11.4 Å². The smallest absolute Gasteiger partial charge is 0.416 e. The Morgan fingerprint density at radius 2 is 1.68 bits per heavy atom. The van der Waals surface area contributed by atoms with Crippen LogP contribution in [0.15, 0.2) is 36.4 Å². The third kappa shape index (κ3) is 6.64. The Bertz CT molecular complexity index is 1320. The number of carbonyl (C=O) groups excluding carboxylic acids is 1. The fourth-order valence-electron chi connectivity index (χ4n) is 3.37. The first-order valence-corrected chi connectivity index (χ1v) is 12.8. The average Bonchev–Trinajstić information content (AvgIpc) is 3.27. The molecule has 0 fully saturated rings. The van der Waals surface area contributed by atoms with Crippen LogP contribution in [0.25, 0.3) is 10.6 Å². The highest BCUT2D eigenvalue weighted by Crippen LogP contribution is 2.38. The largest absolute Gasteiger partial charge is 0.478 e. The lowest BCUT2D eigenvalue weighted by Gasteiger charge is -2.23. The summed E-state index contributed by atoms with van der Waals surface area (Å²) in [5.41, 5.74) is -0.623. The maximum atomic E-state index is 13.2. The van der Waals surface area contributed by atoms with E-state index >= 15 is 0 Å². The molecule has 0 aliphatic heterocycles. The minimum absolute atomic E-state index is 0.0474. The first-order valence-electron chi connectivity index (χ1n) is 11.2. The zero-order chi connectivity index (χ0) is 27.7. The van der Waals surface area contributed by atoms with Crippen molar-refractivity contribution in [2.24, 2.45) is 0 Å². The van der Waals surface area contributed by atoms with Gasteiger partial charge < -0.3 is 9.84 Å². The second kappa shape index (κ2) is 11.0. The van der Waals surface area contributed by atoms with Crippen molar-refractivity contribution in [1.82, 2.24) is 4.98 Å². The van der Waals surface area contributed by atoms with Crippen molar-refractivity contribution >= 4 is 46.3 Å². The van der Waals surface area contributed by atoms with Crippen molar-refractivity contribution in [2.45, 2.75) is 58.2 Å². The van der Waals surface area contributed by atoms with Crippen LogP contribution in [-0.2, 0) is 17.4 Å². The Labute approximate surface area is 226 Å². The Kier molecular flexibility index (Phi) is 8.61. The maximum Gasteiger partial charge on any atom is 0.416 e. The first kappa shape index (κ1) is 28.9. The summed E-state index contributed by atoms with van der Waals surface area (Å²) < 4.78 is 44.2. The van der Waals surface area contributed by atoms with Gasteiger partial charge in [-0.1, -0.05) is 55.2 Å². The molecule has 1 heterocycles. The predicted octanol–water partition coefficient (Wildman–Crippen LogP) is 8.32. The molecule has 0 unspecified atom stereocenters. The highest BCUT2D eigenvalue weighted by molar-refractivity contribution is 7.17. The fourth-order valence-corrected chi connectivity index (χ4v) is 5.04. The number of carboxylic acid groups (broad SMARTS) is 1. The van der Waals surface area contributed by atoms with E-state index in [1.165, 1.54) is 32.0 Å². The quantitative estimate of drug-likeness (QED) is 0.260. The van der Waals surface area contributed by atoms with Gasteiger partial charge in [-0.25, -0.2) is 9.78 Å². The standard InChI is InChI=1S/C26H24Cl2F3NO4S/c1-13(2)21-22(37-23(32-21)15-5-9-16(10-6-15)26(29,30)31)17(33)11-7-14-8-12-18(20(28)19(14)27)36-25(3,4)24(34)35/h5-6,8-10,12-13H,7,11H2,1-4H3,(H,34,35). The lowest BCUT2D eigenvalue weighted by molar-refractivity contribution is -0.152. The molecule has 1 aromatic heterocycles. The number of alkyl halides is 3. The van der Waals surface area contributed by atoms with E-state index in [0.717, 1.165) is 23.5 Å². The van der Waals surface area contributed by atoms with Gasteiger partial charge >= 0.3 is 12.1 Å². The molecule has 0 aliphatic rings. The zero-order valence-corrected chi connectivity index (χ0v) is 22.7. The number of aromatic nitrogens is 1. The number of halogens is 5. The van der Waals surface area contributed by atoms with Crippen LogP contribution in [0.3, 0.4) is 0 Å². The Balaban J connectivity index is 1.80. The summed E-state index contributed by atoms with van der Waals surface area (Å²) in [7, 11) is 0. The van der Waals surface area contributed by atoms with Crippen LogP contribution >= 0.6 is 34.5 Å². The molecule has 5 nitrogen and oxygen atoms in total. The molecule has 1 N–H and O–H groups in total. The van der Waals surface area contributed by atoms with E-state index in [-0.39, 0.29) is 40.3 Å². The number of Topliss-reactive ketones (excluding diaryl/α,β-unsaturated/α-hetero) is 1. The molecule has 0 bridgehead atoms. The monoisotopic (exact) mass is 573 g/mol. The highest BCUT2D eigenvalue weighted by Gasteiger charge is 2.31. The Hall–Kier alpha value is -2.62. The number of ketones is 1. The topological polar surface area (TPSA) is 76.5 Å². The highest BCUT2D eigenvalue weighted by atomic mass is 35.5. The molecule has 0 aliphatic carbocycles. The number of aliphatic carboxylic acids is 1. The van der Waals surface area contributed by atoms with Crippen LogP contribution in [0.2, 0.25) is 10.0 Å². The van der Waals surface area contributed by atoms with E-state index in [0.29, 0.717) is 26.7 Å². The summed E-state index contributed by atoms with van der Waals surface area (Å²) in [6.07, 6.45) is -4.09.